The Hall–Kier alpha value is -3.64. The number of ether oxygens (including phenoxy) is 2. The van der Waals surface area contributed by atoms with E-state index >= 15 is 0 Å². The van der Waals surface area contributed by atoms with Gasteiger partial charge in [0, 0.05) is 0 Å². The number of hydrogen-bond acceptors (Lipinski definition) is 4. The first-order valence-corrected chi connectivity index (χ1v) is 12.1. The zero-order valence-electron chi connectivity index (χ0n) is 20.0. The molecular weight excluding hydrogens is 504 g/mol. The smallest absolute Gasteiger partial charge is 0.244 e. The highest BCUT2D eigenvalue weighted by molar-refractivity contribution is 9.10. The van der Waals surface area contributed by atoms with Crippen molar-refractivity contribution in [1.82, 2.24) is 5.43 Å². The van der Waals surface area contributed by atoms with Gasteiger partial charge in [-0.15, -0.1) is 0 Å². The summed E-state index contributed by atoms with van der Waals surface area (Å²) in [6.07, 6.45) is 1.86. The minimum atomic E-state index is -0.172. The molecule has 1 N–H and O–H groups in total. The second-order valence-electron chi connectivity index (χ2n) is 8.36. The van der Waals surface area contributed by atoms with Crippen molar-refractivity contribution in [2.24, 2.45) is 5.10 Å². The van der Waals surface area contributed by atoms with Crippen LogP contribution in [0.15, 0.2) is 82.4 Å². The third kappa shape index (κ3) is 6.08. The maximum atomic E-state index is 12.3. The van der Waals surface area contributed by atoms with Crippen LogP contribution in [0, 0.1) is 13.8 Å². The first-order chi connectivity index (χ1) is 16.9. The lowest BCUT2D eigenvalue weighted by Crippen LogP contribution is -2.20. The summed E-state index contributed by atoms with van der Waals surface area (Å²) in [4.78, 5) is 12.3. The largest absolute Gasteiger partial charge is 0.493 e. The summed E-state index contributed by atoms with van der Waals surface area (Å²) in [6, 6.07) is 24.2. The number of rotatable bonds is 8. The molecule has 1 amide bonds. The van der Waals surface area contributed by atoms with Crippen molar-refractivity contribution >= 4 is 38.8 Å². The van der Waals surface area contributed by atoms with Gasteiger partial charge in [0.1, 0.15) is 6.61 Å². The molecule has 4 aromatic rings. The number of hydrazone groups is 1. The van der Waals surface area contributed by atoms with Crippen LogP contribution in [0.2, 0.25) is 0 Å². The highest BCUT2D eigenvalue weighted by atomic mass is 79.9. The van der Waals surface area contributed by atoms with E-state index < -0.39 is 0 Å². The number of halogens is 1. The molecule has 0 atom stereocenters. The van der Waals surface area contributed by atoms with Crippen LogP contribution < -0.4 is 14.9 Å². The average Bonchev–Trinajstić information content (AvgIpc) is 2.85. The van der Waals surface area contributed by atoms with E-state index in [1.807, 2.05) is 56.3 Å². The number of fused-ring (bicyclic) bond motifs is 1. The molecular formula is C29H27BrN2O3. The number of amides is 1. The molecule has 0 aliphatic rings. The number of benzene rings is 4. The molecule has 4 rings (SSSR count). The number of carbonyl (C=O) groups excluding carboxylic acids is 1. The second kappa shape index (κ2) is 11.2. The molecule has 178 valence electrons. The Morgan fingerprint density at radius 2 is 1.80 bits per heavy atom. The molecule has 6 heteroatoms. The summed E-state index contributed by atoms with van der Waals surface area (Å²) in [6.45, 7) is 4.44. The molecule has 4 aromatic carbocycles. The monoisotopic (exact) mass is 530 g/mol. The third-order valence-electron chi connectivity index (χ3n) is 5.76. The first kappa shape index (κ1) is 24.5. The van der Waals surface area contributed by atoms with E-state index in [0.717, 1.165) is 32.1 Å². The summed E-state index contributed by atoms with van der Waals surface area (Å²) in [7, 11) is 1.60. The van der Waals surface area contributed by atoms with Crippen molar-refractivity contribution in [3.63, 3.8) is 0 Å². The van der Waals surface area contributed by atoms with Gasteiger partial charge in [-0.2, -0.15) is 5.10 Å². The summed E-state index contributed by atoms with van der Waals surface area (Å²) >= 11 is 3.59. The molecule has 0 saturated carbocycles. The molecule has 5 nitrogen and oxygen atoms in total. The molecule has 0 radical (unpaired) electrons. The Balaban J connectivity index is 1.43. The topological polar surface area (TPSA) is 59.9 Å². The van der Waals surface area contributed by atoms with Gasteiger partial charge in [-0.1, -0.05) is 66.2 Å². The summed E-state index contributed by atoms with van der Waals surface area (Å²) in [5.41, 5.74) is 7.71. The maximum absolute atomic E-state index is 12.3. The van der Waals surface area contributed by atoms with E-state index in [1.165, 1.54) is 10.9 Å². The number of carbonyl (C=O) groups is 1. The fraction of sp³-hybridized carbons (Fsp3) is 0.172. The zero-order chi connectivity index (χ0) is 24.8. The lowest BCUT2D eigenvalue weighted by atomic mass is 10.0. The number of methoxy groups -OCH3 is 1. The highest BCUT2D eigenvalue weighted by Crippen LogP contribution is 2.37. The van der Waals surface area contributed by atoms with Crippen LogP contribution in [0.4, 0.5) is 0 Å². The van der Waals surface area contributed by atoms with Crippen LogP contribution in [0.1, 0.15) is 27.8 Å². The molecule has 0 bridgehead atoms. The summed E-state index contributed by atoms with van der Waals surface area (Å²) < 4.78 is 12.5. The van der Waals surface area contributed by atoms with Gasteiger partial charge in [0.25, 0.3) is 0 Å². The minimum Gasteiger partial charge on any atom is -0.493 e. The number of nitrogens with zero attached hydrogens (tertiary/aromatic N) is 1. The average molecular weight is 531 g/mol. The standard InChI is InChI=1S/C29H27BrN2O3/c1-19-11-12-23(20(2)13-19)16-28(33)32-31-17-21-14-26(30)29(27(15-21)34-3)35-18-24-9-6-8-22-7-4-5-10-25(22)24/h4-15,17H,16,18H2,1-3H3,(H,32,33)/b31-17+. The fourth-order valence-corrected chi connectivity index (χ4v) is 4.53. The van der Waals surface area contributed by atoms with Crippen molar-refractivity contribution in [3.05, 3.63) is 105 Å². The Labute approximate surface area is 213 Å². The highest BCUT2D eigenvalue weighted by Gasteiger charge is 2.13. The van der Waals surface area contributed by atoms with Crippen molar-refractivity contribution in [3.8, 4) is 11.5 Å². The minimum absolute atomic E-state index is 0.172. The number of hydrogen-bond donors (Lipinski definition) is 1. The van der Waals surface area contributed by atoms with Crippen LogP contribution >= 0.6 is 15.9 Å². The van der Waals surface area contributed by atoms with E-state index in [2.05, 4.69) is 56.8 Å². The fourth-order valence-electron chi connectivity index (χ4n) is 3.96. The van der Waals surface area contributed by atoms with Crippen molar-refractivity contribution in [2.45, 2.75) is 26.9 Å². The molecule has 0 fully saturated rings. The van der Waals surface area contributed by atoms with Gasteiger partial charge in [-0.3, -0.25) is 4.79 Å². The summed E-state index contributed by atoms with van der Waals surface area (Å²) in [5.74, 6) is 1.01. The molecule has 35 heavy (non-hydrogen) atoms. The predicted molar refractivity (Wildman–Crippen MR) is 144 cm³/mol. The van der Waals surface area contributed by atoms with E-state index in [9.17, 15) is 4.79 Å². The second-order valence-corrected chi connectivity index (χ2v) is 9.22. The van der Waals surface area contributed by atoms with Gasteiger partial charge < -0.3 is 9.47 Å². The molecule has 0 aliphatic heterocycles. The van der Waals surface area contributed by atoms with Gasteiger partial charge in [0.05, 0.1) is 24.2 Å². The zero-order valence-corrected chi connectivity index (χ0v) is 21.6. The summed E-state index contributed by atoms with van der Waals surface area (Å²) in [5, 5.41) is 6.45. The quantitative estimate of drug-likeness (QED) is 0.209. The number of nitrogens with one attached hydrogen (secondary N) is 1. The van der Waals surface area contributed by atoms with Gasteiger partial charge in [-0.05, 0) is 74.9 Å². The van der Waals surface area contributed by atoms with Crippen molar-refractivity contribution in [1.29, 1.82) is 0 Å². The molecule has 0 aromatic heterocycles. The third-order valence-corrected chi connectivity index (χ3v) is 6.34. The van der Waals surface area contributed by atoms with Gasteiger partial charge in [0.15, 0.2) is 11.5 Å². The van der Waals surface area contributed by atoms with Gasteiger partial charge in [-0.25, -0.2) is 5.43 Å². The van der Waals surface area contributed by atoms with Gasteiger partial charge in [0.2, 0.25) is 5.91 Å². The van der Waals surface area contributed by atoms with Crippen LogP contribution in [-0.2, 0) is 17.8 Å². The molecule has 0 spiro atoms. The van der Waals surface area contributed by atoms with Crippen molar-refractivity contribution in [2.75, 3.05) is 7.11 Å². The lowest BCUT2D eigenvalue weighted by molar-refractivity contribution is -0.120. The molecule has 0 unspecified atom stereocenters. The van der Waals surface area contributed by atoms with E-state index in [0.29, 0.717) is 18.1 Å². The molecule has 0 aliphatic carbocycles. The van der Waals surface area contributed by atoms with Crippen LogP contribution in [0.3, 0.4) is 0 Å². The Kier molecular flexibility index (Phi) is 7.83. The van der Waals surface area contributed by atoms with E-state index in [1.54, 1.807) is 13.3 Å². The van der Waals surface area contributed by atoms with Crippen LogP contribution in [-0.4, -0.2) is 19.2 Å². The van der Waals surface area contributed by atoms with Gasteiger partial charge >= 0.3 is 0 Å². The predicted octanol–water partition coefficient (Wildman–Crippen LogP) is 6.50. The Bertz CT molecular complexity index is 1390. The SMILES string of the molecule is COc1cc(/C=N/NC(=O)Cc2ccc(C)cc2C)cc(Br)c1OCc1cccc2ccccc12. The Morgan fingerprint density at radius 3 is 2.60 bits per heavy atom. The maximum Gasteiger partial charge on any atom is 0.244 e. The molecule has 0 heterocycles. The van der Waals surface area contributed by atoms with E-state index in [-0.39, 0.29) is 12.3 Å². The van der Waals surface area contributed by atoms with Crippen LogP contribution in [0.25, 0.3) is 10.8 Å². The number of aryl methyl sites for hydroxylation is 2. The Morgan fingerprint density at radius 1 is 1.00 bits per heavy atom. The first-order valence-electron chi connectivity index (χ1n) is 11.3. The van der Waals surface area contributed by atoms with E-state index in [4.69, 9.17) is 9.47 Å². The lowest BCUT2D eigenvalue weighted by Gasteiger charge is -2.14. The molecule has 0 saturated heterocycles. The van der Waals surface area contributed by atoms with Crippen molar-refractivity contribution < 1.29 is 14.3 Å². The normalized spacial score (nSPS) is 11.1. The van der Waals surface area contributed by atoms with Crippen LogP contribution in [0.5, 0.6) is 11.5 Å².